The zero-order valence-corrected chi connectivity index (χ0v) is 21.8. The first-order chi connectivity index (χ1) is 17.5. The van der Waals surface area contributed by atoms with Crippen LogP contribution in [0.25, 0.3) is 11.4 Å². The van der Waals surface area contributed by atoms with Crippen molar-refractivity contribution in [3.05, 3.63) is 88.2 Å². The van der Waals surface area contributed by atoms with E-state index in [-0.39, 0.29) is 11.8 Å². The highest BCUT2D eigenvalue weighted by Gasteiger charge is 2.26. The molecule has 2 aromatic heterocycles. The van der Waals surface area contributed by atoms with Crippen molar-refractivity contribution in [1.29, 1.82) is 0 Å². The Morgan fingerprint density at radius 2 is 1.89 bits per heavy atom. The fourth-order valence-electron chi connectivity index (χ4n) is 4.47. The molecule has 1 saturated heterocycles. The van der Waals surface area contributed by atoms with Crippen LogP contribution in [0, 0.1) is 12.8 Å². The van der Waals surface area contributed by atoms with Gasteiger partial charge in [-0.2, -0.15) is 4.98 Å². The molecule has 1 fully saturated rings. The predicted octanol–water partition coefficient (Wildman–Crippen LogP) is 4.58. The number of aromatic nitrogens is 4. The minimum Gasteiger partial charge on any atom is -0.352 e. The van der Waals surface area contributed by atoms with Gasteiger partial charge in [-0.05, 0) is 56.1 Å². The molecule has 0 saturated carbocycles. The minimum absolute atomic E-state index is 0.0321. The third-order valence-electron chi connectivity index (χ3n) is 6.63. The van der Waals surface area contributed by atoms with Crippen molar-refractivity contribution in [3.63, 3.8) is 0 Å². The lowest BCUT2D eigenvalue weighted by molar-refractivity contribution is -0.126. The minimum atomic E-state index is 0.0321. The van der Waals surface area contributed by atoms with Crippen LogP contribution in [0.5, 0.6) is 0 Å². The summed E-state index contributed by atoms with van der Waals surface area (Å²) in [7, 11) is 0. The van der Waals surface area contributed by atoms with Gasteiger partial charge in [0, 0.05) is 41.4 Å². The number of piperidine rings is 1. The molecule has 0 spiro atoms. The Hall–Kier alpha value is -3.30. The maximum Gasteiger partial charge on any atom is 0.241 e. The Balaban J connectivity index is 1.06. The summed E-state index contributed by atoms with van der Waals surface area (Å²) < 4.78 is 8.56. The van der Waals surface area contributed by atoms with E-state index >= 15 is 0 Å². The van der Waals surface area contributed by atoms with Crippen molar-refractivity contribution in [1.82, 2.24) is 29.9 Å². The Morgan fingerprint density at radius 3 is 2.61 bits per heavy atom. The summed E-state index contributed by atoms with van der Waals surface area (Å²) in [5.74, 6) is 2.34. The second-order valence-corrected chi connectivity index (χ2v) is 10.1. The fourth-order valence-corrected chi connectivity index (χ4v) is 4.87. The lowest BCUT2D eigenvalue weighted by Crippen LogP contribution is -2.40. The van der Waals surface area contributed by atoms with Crippen LogP contribution in [0.4, 0.5) is 0 Å². The van der Waals surface area contributed by atoms with Gasteiger partial charge in [0.1, 0.15) is 5.82 Å². The highest BCUT2D eigenvalue weighted by molar-refractivity contribution is 9.10. The lowest BCUT2D eigenvalue weighted by atomic mass is 9.96. The van der Waals surface area contributed by atoms with Crippen LogP contribution in [0.3, 0.4) is 0 Å². The molecule has 3 heterocycles. The molecule has 0 bridgehead atoms. The second-order valence-electron chi connectivity index (χ2n) is 9.21. The fraction of sp³-hybridized carbons (Fsp3) is 0.333. The van der Waals surface area contributed by atoms with Crippen molar-refractivity contribution in [3.8, 4) is 11.4 Å². The summed E-state index contributed by atoms with van der Waals surface area (Å²) in [4.78, 5) is 23.8. The van der Waals surface area contributed by atoms with Crippen LogP contribution >= 0.6 is 15.9 Å². The molecular weight excluding hydrogens is 520 g/mol. The number of benzene rings is 2. The van der Waals surface area contributed by atoms with Crippen molar-refractivity contribution in [2.24, 2.45) is 5.92 Å². The van der Waals surface area contributed by atoms with Crippen LogP contribution < -0.4 is 5.32 Å². The van der Waals surface area contributed by atoms with E-state index in [4.69, 9.17) is 4.52 Å². The maximum atomic E-state index is 12.8. The number of imidazole rings is 1. The summed E-state index contributed by atoms with van der Waals surface area (Å²) >= 11 is 3.47. The average molecular weight is 549 g/mol. The number of halogens is 1. The number of aryl methyl sites for hydroxylation is 1. The highest BCUT2D eigenvalue weighted by Crippen LogP contribution is 2.22. The van der Waals surface area contributed by atoms with Gasteiger partial charge in [0.15, 0.2) is 0 Å². The zero-order valence-electron chi connectivity index (χ0n) is 20.2. The number of nitrogens with zero attached hydrogens (tertiary/aromatic N) is 5. The molecule has 8 nitrogen and oxygen atoms in total. The third kappa shape index (κ3) is 6.09. The van der Waals surface area contributed by atoms with Crippen LogP contribution in [-0.2, 0) is 24.4 Å². The SMILES string of the molecule is Cc1nccn1Cc1ccc(CNC(=O)C2CCN(Cc3nc(-c4cccc(Br)c4)no3)CC2)cc1. The number of likely N-dealkylation sites (tertiary alicyclic amines) is 1. The molecular formula is C27H29BrN6O2. The van der Waals surface area contributed by atoms with E-state index in [9.17, 15) is 4.79 Å². The van der Waals surface area contributed by atoms with Gasteiger partial charge in [-0.25, -0.2) is 4.98 Å². The van der Waals surface area contributed by atoms with Crippen LogP contribution in [0.2, 0.25) is 0 Å². The van der Waals surface area contributed by atoms with E-state index < -0.39 is 0 Å². The quantitative estimate of drug-likeness (QED) is 0.346. The topological polar surface area (TPSA) is 89.1 Å². The highest BCUT2D eigenvalue weighted by atomic mass is 79.9. The molecule has 0 radical (unpaired) electrons. The normalized spacial score (nSPS) is 14.7. The smallest absolute Gasteiger partial charge is 0.241 e. The lowest BCUT2D eigenvalue weighted by Gasteiger charge is -2.30. The molecule has 9 heteroatoms. The van der Waals surface area contributed by atoms with E-state index in [1.807, 2.05) is 43.6 Å². The van der Waals surface area contributed by atoms with Gasteiger partial charge >= 0.3 is 0 Å². The van der Waals surface area contributed by atoms with Crippen molar-refractivity contribution < 1.29 is 9.32 Å². The van der Waals surface area contributed by atoms with Gasteiger partial charge in [-0.3, -0.25) is 9.69 Å². The third-order valence-corrected chi connectivity index (χ3v) is 7.13. The molecule has 186 valence electrons. The number of rotatable bonds is 8. The molecule has 1 aliphatic heterocycles. The van der Waals surface area contributed by atoms with Crippen molar-refractivity contribution in [2.45, 2.75) is 39.4 Å². The largest absolute Gasteiger partial charge is 0.352 e. The van der Waals surface area contributed by atoms with Gasteiger partial charge in [0.05, 0.1) is 6.54 Å². The van der Waals surface area contributed by atoms with Gasteiger partial charge in [-0.15, -0.1) is 0 Å². The van der Waals surface area contributed by atoms with E-state index in [0.29, 0.717) is 24.8 Å². The Morgan fingerprint density at radius 1 is 1.11 bits per heavy atom. The molecule has 1 N–H and O–H groups in total. The summed E-state index contributed by atoms with van der Waals surface area (Å²) in [5.41, 5.74) is 3.23. The van der Waals surface area contributed by atoms with E-state index in [1.165, 1.54) is 5.56 Å². The number of carbonyl (C=O) groups is 1. The number of carbonyl (C=O) groups excluding carboxylic acids is 1. The maximum absolute atomic E-state index is 12.8. The van der Waals surface area contributed by atoms with Gasteiger partial charge < -0.3 is 14.4 Å². The van der Waals surface area contributed by atoms with Crippen LogP contribution in [0.15, 0.2) is 69.9 Å². The molecule has 36 heavy (non-hydrogen) atoms. The molecule has 2 aromatic carbocycles. The number of hydrogen-bond acceptors (Lipinski definition) is 6. The Bertz CT molecular complexity index is 1310. The first kappa shape index (κ1) is 24.4. The molecule has 0 unspecified atom stereocenters. The molecule has 0 atom stereocenters. The van der Waals surface area contributed by atoms with Gasteiger partial charge in [0.25, 0.3) is 0 Å². The summed E-state index contributed by atoms with van der Waals surface area (Å²) in [6.07, 6.45) is 5.44. The Labute approximate surface area is 218 Å². The average Bonchev–Trinajstić information content (AvgIpc) is 3.53. The second kappa shape index (κ2) is 11.2. The molecule has 1 amide bonds. The predicted molar refractivity (Wildman–Crippen MR) is 140 cm³/mol. The van der Waals surface area contributed by atoms with Gasteiger partial charge in [-0.1, -0.05) is 57.5 Å². The van der Waals surface area contributed by atoms with E-state index in [2.05, 4.69) is 70.1 Å². The number of hydrogen-bond donors (Lipinski definition) is 1. The number of nitrogens with one attached hydrogen (secondary N) is 1. The molecule has 1 aliphatic rings. The number of amides is 1. The monoisotopic (exact) mass is 548 g/mol. The van der Waals surface area contributed by atoms with Gasteiger partial charge in [0.2, 0.25) is 17.6 Å². The van der Waals surface area contributed by atoms with E-state index in [0.717, 1.165) is 53.9 Å². The molecule has 4 aromatic rings. The first-order valence-corrected chi connectivity index (χ1v) is 13.0. The van der Waals surface area contributed by atoms with Crippen LogP contribution in [0.1, 0.15) is 35.7 Å². The van der Waals surface area contributed by atoms with Crippen molar-refractivity contribution in [2.75, 3.05) is 13.1 Å². The van der Waals surface area contributed by atoms with Crippen molar-refractivity contribution >= 4 is 21.8 Å². The molecule has 0 aliphatic carbocycles. The summed E-state index contributed by atoms with van der Waals surface area (Å²) in [6, 6.07) is 16.2. The standard InChI is InChI=1S/C27H29BrN6O2/c1-19-29-11-14-34(19)17-21-7-5-20(6-8-21)16-30-27(35)22-9-12-33(13-10-22)18-25-31-26(32-36-25)23-3-2-4-24(28)15-23/h2-8,11,14-15,22H,9-10,12-13,16-18H2,1H3,(H,30,35). The zero-order chi connectivity index (χ0) is 24.9. The first-order valence-electron chi connectivity index (χ1n) is 12.2. The van der Waals surface area contributed by atoms with E-state index in [1.54, 1.807) is 0 Å². The molecule has 5 rings (SSSR count). The summed E-state index contributed by atoms with van der Waals surface area (Å²) in [6.45, 7) is 5.60. The Kier molecular flexibility index (Phi) is 7.58. The summed E-state index contributed by atoms with van der Waals surface area (Å²) in [5, 5.41) is 7.23. The van der Waals surface area contributed by atoms with Crippen LogP contribution in [-0.4, -0.2) is 43.6 Å².